The summed E-state index contributed by atoms with van der Waals surface area (Å²) in [6.45, 7) is 0.0273. The molecule has 0 bridgehead atoms. The van der Waals surface area contributed by atoms with E-state index in [0.717, 1.165) is 11.1 Å². The lowest BCUT2D eigenvalue weighted by Gasteiger charge is -2.47. The number of aliphatic carboxylic acids is 1. The van der Waals surface area contributed by atoms with Crippen molar-refractivity contribution < 1.29 is 38.5 Å². The molecule has 0 radical (unpaired) electrons. The van der Waals surface area contributed by atoms with Gasteiger partial charge in [-0.3, -0.25) is 19.2 Å². The molecule has 9 nitrogen and oxygen atoms in total. The largest absolute Gasteiger partial charge is 0.481 e. The first-order valence-electron chi connectivity index (χ1n) is 16.7. The molecule has 1 fully saturated rings. The van der Waals surface area contributed by atoms with E-state index in [-0.39, 0.29) is 26.3 Å². The number of ether oxygens (including phenoxy) is 3. The summed E-state index contributed by atoms with van der Waals surface area (Å²) < 4.78 is 17.1. The fraction of sp³-hybridized carbons (Fsp3) is 0.190. The number of carbonyl (C=O) groups excluding carboxylic acids is 3. The van der Waals surface area contributed by atoms with Crippen molar-refractivity contribution >= 4 is 23.8 Å². The van der Waals surface area contributed by atoms with Gasteiger partial charge in [0.15, 0.2) is 0 Å². The van der Waals surface area contributed by atoms with E-state index in [1.807, 2.05) is 84.9 Å². The van der Waals surface area contributed by atoms with Gasteiger partial charge in [0.05, 0.1) is 23.7 Å². The molecule has 258 valence electrons. The molecule has 4 atom stereocenters. The van der Waals surface area contributed by atoms with E-state index in [1.165, 1.54) is 4.90 Å². The zero-order valence-electron chi connectivity index (χ0n) is 27.7. The van der Waals surface area contributed by atoms with Crippen LogP contribution < -0.4 is 4.74 Å². The Morgan fingerprint density at radius 1 is 0.471 bits per heavy atom. The lowest BCUT2D eigenvalue weighted by molar-refractivity contribution is -0.195. The van der Waals surface area contributed by atoms with Crippen LogP contribution in [0.5, 0.6) is 11.5 Å². The molecular weight excluding hydrogens is 646 g/mol. The van der Waals surface area contributed by atoms with Gasteiger partial charge in [-0.2, -0.15) is 0 Å². The van der Waals surface area contributed by atoms with Crippen LogP contribution in [0.15, 0.2) is 146 Å². The van der Waals surface area contributed by atoms with Crippen LogP contribution in [-0.2, 0) is 55.0 Å². The van der Waals surface area contributed by atoms with E-state index < -0.39 is 47.5 Å². The maximum atomic E-state index is 14.6. The Balaban J connectivity index is 1.27. The fourth-order valence-corrected chi connectivity index (χ4v) is 6.33. The number of carboxylic acids is 1. The van der Waals surface area contributed by atoms with Gasteiger partial charge in [-0.05, 0) is 46.5 Å². The second kappa shape index (κ2) is 16.5. The highest BCUT2D eigenvalue weighted by atomic mass is 16.5. The summed E-state index contributed by atoms with van der Waals surface area (Å²) in [7, 11) is 0. The van der Waals surface area contributed by atoms with Gasteiger partial charge < -0.3 is 24.2 Å². The van der Waals surface area contributed by atoms with E-state index in [2.05, 4.69) is 0 Å². The van der Waals surface area contributed by atoms with Crippen LogP contribution in [0, 0.1) is 23.7 Å². The summed E-state index contributed by atoms with van der Waals surface area (Å²) in [5.41, 5.74) is 2.97. The molecule has 0 aliphatic heterocycles. The average Bonchev–Trinajstić information content (AvgIpc) is 3.15. The summed E-state index contributed by atoms with van der Waals surface area (Å²) in [6, 6.07) is 43.8. The van der Waals surface area contributed by atoms with Gasteiger partial charge in [0.1, 0.15) is 24.7 Å². The van der Waals surface area contributed by atoms with E-state index in [4.69, 9.17) is 14.2 Å². The van der Waals surface area contributed by atoms with Crippen molar-refractivity contribution in [3.05, 3.63) is 168 Å². The maximum absolute atomic E-state index is 14.6. The Kier molecular flexibility index (Phi) is 11.2. The molecule has 6 rings (SSSR count). The molecule has 1 saturated carbocycles. The van der Waals surface area contributed by atoms with Crippen LogP contribution in [-0.4, -0.2) is 33.8 Å². The predicted octanol–water partition coefficient (Wildman–Crippen LogP) is 7.06. The molecule has 0 spiro atoms. The molecule has 51 heavy (non-hydrogen) atoms. The summed E-state index contributed by atoms with van der Waals surface area (Å²) in [4.78, 5) is 56.3. The zero-order valence-corrected chi connectivity index (χ0v) is 27.7. The third-order valence-electron chi connectivity index (χ3n) is 8.91. The average molecular weight is 684 g/mol. The number of hydrogen-bond donors (Lipinski definition) is 1. The predicted molar refractivity (Wildman–Crippen MR) is 188 cm³/mol. The molecule has 0 aromatic heterocycles. The second-order valence-corrected chi connectivity index (χ2v) is 12.4. The van der Waals surface area contributed by atoms with Crippen LogP contribution in [0.4, 0.5) is 0 Å². The second-order valence-electron chi connectivity index (χ2n) is 12.4. The quantitative estimate of drug-likeness (QED) is 0.124. The number of hydrogen-bond acceptors (Lipinski definition) is 7. The Bertz CT molecular complexity index is 1920. The van der Waals surface area contributed by atoms with Crippen molar-refractivity contribution in [3.63, 3.8) is 0 Å². The van der Waals surface area contributed by atoms with Crippen molar-refractivity contribution in [2.24, 2.45) is 23.7 Å². The monoisotopic (exact) mass is 683 g/mol. The number of carboxylic acid groups (broad SMARTS) is 1. The number of benzene rings is 5. The lowest BCUT2D eigenvalue weighted by Crippen LogP contribution is -2.62. The van der Waals surface area contributed by atoms with Gasteiger partial charge >= 0.3 is 17.9 Å². The molecule has 1 amide bonds. The van der Waals surface area contributed by atoms with Gasteiger partial charge in [-0.25, -0.2) is 0 Å². The van der Waals surface area contributed by atoms with Gasteiger partial charge in [-0.1, -0.05) is 121 Å². The van der Waals surface area contributed by atoms with Crippen molar-refractivity contribution in [3.8, 4) is 11.5 Å². The van der Waals surface area contributed by atoms with Crippen LogP contribution in [0.3, 0.4) is 0 Å². The molecule has 1 aliphatic carbocycles. The highest BCUT2D eigenvalue weighted by Crippen LogP contribution is 2.49. The molecule has 5 aromatic carbocycles. The number of esters is 2. The van der Waals surface area contributed by atoms with Gasteiger partial charge in [0.25, 0.3) is 0 Å². The van der Waals surface area contributed by atoms with E-state index >= 15 is 0 Å². The molecule has 4 unspecified atom stereocenters. The topological polar surface area (TPSA) is 119 Å². The summed E-state index contributed by atoms with van der Waals surface area (Å²) in [5.74, 6) is -8.04. The van der Waals surface area contributed by atoms with Crippen molar-refractivity contribution in [2.75, 3.05) is 0 Å². The standard InChI is InChI=1S/C42H37NO8/c44-39(43(25-29-13-5-1-6-14-29)26-30-21-23-34(24-22-30)51-33-19-11-4-12-20-33)35-36(40(45)46)38(42(48)50-28-32-17-9-3-10-18-32)37(35)41(47)49-27-31-15-7-2-8-16-31/h1-24,35-38H,25-28H2,(H,45,46). The zero-order chi connectivity index (χ0) is 35.6. The minimum atomic E-state index is -1.50. The number of rotatable bonds is 14. The van der Waals surface area contributed by atoms with Crippen LogP contribution in [0.25, 0.3) is 0 Å². The van der Waals surface area contributed by atoms with Gasteiger partial charge in [-0.15, -0.1) is 0 Å². The molecule has 0 heterocycles. The summed E-state index contributed by atoms with van der Waals surface area (Å²) in [5, 5.41) is 10.4. The third-order valence-corrected chi connectivity index (χ3v) is 8.91. The Morgan fingerprint density at radius 2 is 0.863 bits per heavy atom. The van der Waals surface area contributed by atoms with Crippen LogP contribution in [0.2, 0.25) is 0 Å². The number of nitrogens with zero attached hydrogens (tertiary/aromatic N) is 1. The molecule has 1 aliphatic rings. The fourth-order valence-electron chi connectivity index (χ4n) is 6.33. The molecule has 5 aromatic rings. The van der Waals surface area contributed by atoms with Gasteiger partial charge in [0.2, 0.25) is 5.91 Å². The SMILES string of the molecule is O=C(O)C1C(C(=O)OCc2ccccc2)C(C(=O)OCc2ccccc2)C1C(=O)N(Cc1ccccc1)Cc1ccc(Oc2ccccc2)cc1. The Labute approximate surface area is 296 Å². The van der Waals surface area contributed by atoms with E-state index in [9.17, 15) is 24.3 Å². The minimum absolute atomic E-state index is 0.105. The van der Waals surface area contributed by atoms with Crippen LogP contribution in [0.1, 0.15) is 22.3 Å². The number of amides is 1. The van der Waals surface area contributed by atoms with E-state index in [0.29, 0.717) is 22.6 Å². The first-order chi connectivity index (χ1) is 24.9. The first-order valence-corrected chi connectivity index (χ1v) is 16.7. The summed E-state index contributed by atoms with van der Waals surface area (Å²) >= 11 is 0. The minimum Gasteiger partial charge on any atom is -0.481 e. The highest BCUT2D eigenvalue weighted by Gasteiger charge is 2.65. The highest BCUT2D eigenvalue weighted by molar-refractivity contribution is 5.98. The van der Waals surface area contributed by atoms with Gasteiger partial charge in [0, 0.05) is 13.1 Å². The number of para-hydroxylation sites is 1. The smallest absolute Gasteiger partial charge is 0.311 e. The molecule has 1 N–H and O–H groups in total. The maximum Gasteiger partial charge on any atom is 0.311 e. The Morgan fingerprint density at radius 3 is 1.33 bits per heavy atom. The van der Waals surface area contributed by atoms with Crippen LogP contribution >= 0.6 is 0 Å². The van der Waals surface area contributed by atoms with Crippen molar-refractivity contribution in [2.45, 2.75) is 26.3 Å². The lowest BCUT2D eigenvalue weighted by atomic mass is 9.55. The first kappa shape index (κ1) is 34.6. The summed E-state index contributed by atoms with van der Waals surface area (Å²) in [6.07, 6.45) is 0. The van der Waals surface area contributed by atoms with Crippen molar-refractivity contribution in [1.29, 1.82) is 0 Å². The Hall–Kier alpha value is -6.22. The third kappa shape index (κ3) is 8.69. The number of carbonyl (C=O) groups is 4. The normalized spacial score (nSPS) is 17.7. The van der Waals surface area contributed by atoms with Crippen molar-refractivity contribution in [1.82, 2.24) is 4.90 Å². The van der Waals surface area contributed by atoms with E-state index in [1.54, 1.807) is 60.7 Å². The molecule has 9 heteroatoms. The molecule has 0 saturated heterocycles. The molecular formula is C42H37NO8.